The number of aryl methyl sites for hydroxylation is 4. The highest BCUT2D eigenvalue weighted by atomic mass is 28.3. The molecule has 0 aliphatic carbocycles. The van der Waals surface area contributed by atoms with Crippen molar-refractivity contribution in [2.75, 3.05) is 0 Å². The Morgan fingerprint density at radius 1 is 0.769 bits per heavy atom. The summed E-state index contributed by atoms with van der Waals surface area (Å²) >= 11 is 0. The van der Waals surface area contributed by atoms with E-state index < -0.39 is 8.07 Å². The van der Waals surface area contributed by atoms with Crippen molar-refractivity contribution in [2.24, 2.45) is 0 Å². The molecular weight excluding hydrogens is 330 g/mol. The lowest BCUT2D eigenvalue weighted by atomic mass is 9.94. The van der Waals surface area contributed by atoms with Gasteiger partial charge in [-0.2, -0.15) is 0 Å². The average molecular weight is 360 g/mol. The minimum Gasteiger partial charge on any atom is -0.256 e. The maximum atomic E-state index is 4.88. The van der Waals surface area contributed by atoms with Gasteiger partial charge in [0.05, 0.1) is 13.8 Å². The fraction of sp³-hybridized carbons (Fsp3) is 0.292. The minimum atomic E-state index is -1.51. The Morgan fingerprint density at radius 2 is 1.35 bits per heavy atom. The summed E-state index contributed by atoms with van der Waals surface area (Å²) in [6.45, 7) is 15.9. The lowest BCUT2D eigenvalue weighted by Gasteiger charge is -2.23. The quantitative estimate of drug-likeness (QED) is 0.508. The number of benzene rings is 2. The summed E-state index contributed by atoms with van der Waals surface area (Å²) < 4.78 is 0. The van der Waals surface area contributed by atoms with E-state index in [4.69, 9.17) is 4.98 Å². The predicted octanol–water partition coefficient (Wildman–Crippen LogP) is 6.19. The van der Waals surface area contributed by atoms with Gasteiger partial charge in [0.15, 0.2) is 0 Å². The van der Waals surface area contributed by atoms with Gasteiger partial charge in [-0.05, 0) is 73.3 Å². The molecule has 0 aliphatic heterocycles. The van der Waals surface area contributed by atoms with Crippen molar-refractivity contribution in [3.05, 3.63) is 70.9 Å². The molecule has 0 bridgehead atoms. The summed E-state index contributed by atoms with van der Waals surface area (Å²) in [5, 5.41) is 1.43. The summed E-state index contributed by atoms with van der Waals surface area (Å²) in [5.41, 5.74) is 10.2. The second kappa shape index (κ2) is 6.84. The molecule has 0 saturated heterocycles. The molecule has 26 heavy (non-hydrogen) atoms. The van der Waals surface area contributed by atoms with Gasteiger partial charge in [0.2, 0.25) is 0 Å². The molecule has 3 aromatic rings. The third-order valence-electron chi connectivity index (χ3n) is 4.98. The van der Waals surface area contributed by atoms with E-state index in [1.807, 2.05) is 0 Å². The van der Waals surface area contributed by atoms with E-state index in [0.29, 0.717) is 0 Å². The van der Waals surface area contributed by atoms with Gasteiger partial charge in [-0.1, -0.05) is 55.0 Å². The van der Waals surface area contributed by atoms with Crippen LogP contribution >= 0.6 is 0 Å². The van der Waals surface area contributed by atoms with Gasteiger partial charge in [-0.15, -0.1) is 0 Å². The van der Waals surface area contributed by atoms with Crippen LogP contribution in [0.2, 0.25) is 19.6 Å². The van der Waals surface area contributed by atoms with Crippen LogP contribution in [0.5, 0.6) is 0 Å². The average Bonchev–Trinajstić information content (AvgIpc) is 2.52. The molecule has 0 amide bonds. The lowest BCUT2D eigenvalue weighted by molar-refractivity contribution is 1.30. The summed E-state index contributed by atoms with van der Waals surface area (Å²) in [4.78, 5) is 4.88. The van der Waals surface area contributed by atoms with Crippen molar-refractivity contribution in [3.63, 3.8) is 0 Å². The molecule has 1 nitrogen and oxygen atoms in total. The second-order valence-electron chi connectivity index (χ2n) is 8.51. The zero-order valence-corrected chi connectivity index (χ0v) is 18.1. The smallest absolute Gasteiger partial charge is 0.0804 e. The van der Waals surface area contributed by atoms with Gasteiger partial charge in [0.1, 0.15) is 0 Å². The van der Waals surface area contributed by atoms with Crippen LogP contribution in [0.15, 0.2) is 48.7 Å². The van der Waals surface area contributed by atoms with Crippen molar-refractivity contribution < 1.29 is 0 Å². The molecule has 0 N–H and O–H groups in total. The van der Waals surface area contributed by atoms with Gasteiger partial charge in [0, 0.05) is 11.8 Å². The number of aromatic nitrogens is 1. The zero-order valence-electron chi connectivity index (χ0n) is 17.1. The monoisotopic (exact) mass is 359 g/mol. The highest BCUT2D eigenvalue weighted by Crippen LogP contribution is 2.30. The Kier molecular flexibility index (Phi) is 4.89. The molecule has 2 heteroatoms. The summed E-state index contributed by atoms with van der Waals surface area (Å²) in [6, 6.07) is 15.6. The fourth-order valence-corrected chi connectivity index (χ4v) is 5.24. The largest absolute Gasteiger partial charge is 0.256 e. The topological polar surface area (TPSA) is 12.9 Å². The van der Waals surface area contributed by atoms with E-state index in [9.17, 15) is 0 Å². The van der Waals surface area contributed by atoms with Crippen LogP contribution in [0.3, 0.4) is 0 Å². The van der Waals surface area contributed by atoms with E-state index in [-0.39, 0.29) is 0 Å². The number of hydrogen-bond donors (Lipinski definition) is 0. The number of hydrogen-bond acceptors (Lipinski definition) is 1. The predicted molar refractivity (Wildman–Crippen MR) is 117 cm³/mol. The zero-order chi connectivity index (χ0) is 19.1. The summed E-state index contributed by atoms with van der Waals surface area (Å²) in [5.74, 6) is 0. The molecule has 0 fully saturated rings. The second-order valence-corrected chi connectivity index (χ2v) is 13.5. The molecule has 2 aromatic carbocycles. The number of pyridine rings is 1. The van der Waals surface area contributed by atoms with Crippen LogP contribution in [0, 0.1) is 27.7 Å². The number of rotatable bonds is 3. The van der Waals surface area contributed by atoms with E-state index in [1.165, 1.54) is 44.1 Å². The highest BCUT2D eigenvalue weighted by Gasteiger charge is 2.23. The Bertz CT molecular complexity index is 924. The molecule has 3 rings (SSSR count). The molecule has 0 radical (unpaired) electrons. The first-order valence-electron chi connectivity index (χ1n) is 9.32. The maximum Gasteiger partial charge on any atom is 0.0804 e. The van der Waals surface area contributed by atoms with Crippen LogP contribution in [0.1, 0.15) is 22.3 Å². The molecule has 1 aromatic heterocycles. The third-order valence-corrected chi connectivity index (χ3v) is 6.99. The van der Waals surface area contributed by atoms with E-state index in [1.54, 1.807) is 0 Å². The molecular formula is C24H29NSi. The van der Waals surface area contributed by atoms with Crippen molar-refractivity contribution in [2.45, 2.75) is 47.3 Å². The van der Waals surface area contributed by atoms with E-state index in [0.717, 1.165) is 5.69 Å². The van der Waals surface area contributed by atoms with Crippen molar-refractivity contribution in [3.8, 4) is 22.4 Å². The van der Waals surface area contributed by atoms with E-state index >= 15 is 0 Å². The van der Waals surface area contributed by atoms with Gasteiger partial charge < -0.3 is 0 Å². The van der Waals surface area contributed by atoms with Crippen molar-refractivity contribution in [1.29, 1.82) is 0 Å². The molecule has 0 atom stereocenters. The Morgan fingerprint density at radius 3 is 1.88 bits per heavy atom. The third kappa shape index (κ3) is 3.66. The van der Waals surface area contributed by atoms with Crippen LogP contribution in [0.4, 0.5) is 0 Å². The van der Waals surface area contributed by atoms with Crippen LogP contribution in [-0.4, -0.2) is 13.1 Å². The Labute approximate surface area is 159 Å². The van der Waals surface area contributed by atoms with E-state index in [2.05, 4.69) is 96.0 Å². The Balaban J connectivity index is 2.30. The van der Waals surface area contributed by atoms with Crippen LogP contribution in [0.25, 0.3) is 22.4 Å². The first-order valence-corrected chi connectivity index (χ1v) is 12.8. The fourth-order valence-electron chi connectivity index (χ4n) is 3.78. The van der Waals surface area contributed by atoms with Crippen molar-refractivity contribution >= 4 is 13.3 Å². The van der Waals surface area contributed by atoms with Crippen LogP contribution in [-0.2, 0) is 0 Å². The normalized spacial score (nSPS) is 11.7. The summed E-state index contributed by atoms with van der Waals surface area (Å²) in [6.07, 6.45) is 2.14. The van der Waals surface area contributed by atoms with Gasteiger partial charge in [-0.25, -0.2) is 0 Å². The Hall–Kier alpha value is -2.19. The van der Waals surface area contributed by atoms with Crippen LogP contribution < -0.4 is 5.19 Å². The molecule has 1 heterocycles. The molecule has 134 valence electrons. The first-order chi connectivity index (χ1) is 12.2. The number of nitrogens with zero attached hydrogens (tertiary/aromatic N) is 1. The molecule has 0 unspecified atom stereocenters. The lowest BCUT2D eigenvalue weighted by Crippen LogP contribution is -2.39. The first kappa shape index (κ1) is 18.6. The van der Waals surface area contributed by atoms with Gasteiger partial charge in [-0.3, -0.25) is 4.98 Å². The molecule has 0 aliphatic rings. The standard InChI is InChI=1S/C24H29NSi/c1-16-11-17(2)13-20(12-16)22-14-21(23(15-25-22)26(5,6)7)24-18(3)9-8-10-19(24)4/h8-15H,1-7H3. The summed E-state index contributed by atoms with van der Waals surface area (Å²) in [7, 11) is -1.51. The van der Waals surface area contributed by atoms with Gasteiger partial charge >= 0.3 is 0 Å². The maximum absolute atomic E-state index is 4.88. The molecule has 0 spiro atoms. The molecule has 0 saturated carbocycles. The van der Waals surface area contributed by atoms with Crippen molar-refractivity contribution in [1.82, 2.24) is 4.98 Å². The minimum absolute atomic E-state index is 1.07. The van der Waals surface area contributed by atoms with Gasteiger partial charge in [0.25, 0.3) is 0 Å². The SMILES string of the molecule is Cc1cc(C)cc(-c2cc(-c3c(C)cccc3C)c([Si](C)(C)C)cn2)c1. The highest BCUT2D eigenvalue weighted by molar-refractivity contribution is 6.89.